The SMILES string of the molecule is CC(=O)Pc1ccccc1. The molecule has 1 unspecified atom stereocenters. The molecule has 52 valence electrons. The van der Waals surface area contributed by atoms with E-state index in [0.717, 1.165) is 5.30 Å². The molecule has 0 aliphatic heterocycles. The summed E-state index contributed by atoms with van der Waals surface area (Å²) in [5, 5.41) is 1.12. The molecule has 1 aromatic rings. The Bertz CT molecular complexity index is 218. The highest BCUT2D eigenvalue weighted by molar-refractivity contribution is 7.65. The van der Waals surface area contributed by atoms with E-state index in [2.05, 4.69) is 0 Å². The van der Waals surface area contributed by atoms with Gasteiger partial charge in [-0.2, -0.15) is 0 Å². The van der Waals surface area contributed by atoms with Crippen LogP contribution in [0.5, 0.6) is 0 Å². The van der Waals surface area contributed by atoms with Gasteiger partial charge >= 0.3 is 0 Å². The van der Waals surface area contributed by atoms with Crippen LogP contribution in [0.3, 0.4) is 0 Å². The lowest BCUT2D eigenvalue weighted by Crippen LogP contribution is -1.94. The van der Waals surface area contributed by atoms with Gasteiger partial charge in [-0.05, 0) is 20.8 Å². The van der Waals surface area contributed by atoms with Crippen molar-refractivity contribution in [3.05, 3.63) is 30.3 Å². The highest BCUT2D eigenvalue weighted by atomic mass is 31.1. The molecule has 1 atom stereocenters. The zero-order valence-electron chi connectivity index (χ0n) is 5.79. The average Bonchev–Trinajstić information content (AvgIpc) is 1.88. The molecule has 0 saturated heterocycles. The first-order valence-corrected chi connectivity index (χ1v) is 4.11. The molecule has 1 nitrogen and oxygen atoms in total. The van der Waals surface area contributed by atoms with Gasteiger partial charge in [0.1, 0.15) is 0 Å². The first-order valence-electron chi connectivity index (χ1n) is 3.11. The normalized spacial score (nSPS) is 10.5. The Kier molecular flexibility index (Phi) is 2.58. The van der Waals surface area contributed by atoms with E-state index in [0.29, 0.717) is 8.58 Å². The second-order valence-electron chi connectivity index (χ2n) is 2.05. The quantitative estimate of drug-likeness (QED) is 0.587. The van der Waals surface area contributed by atoms with Gasteiger partial charge in [0.25, 0.3) is 0 Å². The number of carbonyl (C=O) groups excluding carboxylic acids is 1. The fourth-order valence-electron chi connectivity index (χ4n) is 0.725. The Morgan fingerprint density at radius 1 is 1.30 bits per heavy atom. The molecule has 0 radical (unpaired) electrons. The third-order valence-corrected chi connectivity index (χ3v) is 2.07. The van der Waals surface area contributed by atoms with Crippen molar-refractivity contribution in [3.8, 4) is 0 Å². The Morgan fingerprint density at radius 3 is 2.40 bits per heavy atom. The van der Waals surface area contributed by atoms with Gasteiger partial charge in [-0.15, -0.1) is 0 Å². The Balaban J connectivity index is 2.67. The smallest absolute Gasteiger partial charge is 0.152 e. The average molecular weight is 152 g/mol. The van der Waals surface area contributed by atoms with Crippen LogP contribution < -0.4 is 5.30 Å². The fourth-order valence-corrected chi connectivity index (χ4v) is 1.49. The van der Waals surface area contributed by atoms with Crippen LogP contribution in [-0.4, -0.2) is 5.52 Å². The van der Waals surface area contributed by atoms with Gasteiger partial charge in [-0.25, -0.2) is 0 Å². The summed E-state index contributed by atoms with van der Waals surface area (Å²) >= 11 is 0. The monoisotopic (exact) mass is 152 g/mol. The minimum Gasteiger partial charge on any atom is -0.295 e. The number of hydrogen-bond acceptors (Lipinski definition) is 1. The summed E-state index contributed by atoms with van der Waals surface area (Å²) in [4.78, 5) is 10.6. The largest absolute Gasteiger partial charge is 0.295 e. The number of hydrogen-bond donors (Lipinski definition) is 0. The Morgan fingerprint density at radius 2 is 1.90 bits per heavy atom. The van der Waals surface area contributed by atoms with Crippen molar-refractivity contribution in [1.82, 2.24) is 0 Å². The molecule has 0 N–H and O–H groups in total. The molecular formula is C8H9OP. The standard InChI is InChI=1S/C8H9OP/c1-7(9)10-8-5-3-2-4-6-8/h2-6,10H,1H3. The van der Waals surface area contributed by atoms with Crippen molar-refractivity contribution in [3.63, 3.8) is 0 Å². The molecule has 0 bridgehead atoms. The molecule has 1 rings (SSSR count). The molecular weight excluding hydrogens is 143 g/mol. The molecule has 2 heteroatoms. The van der Waals surface area contributed by atoms with Crippen LogP contribution in [-0.2, 0) is 4.79 Å². The van der Waals surface area contributed by atoms with E-state index in [4.69, 9.17) is 0 Å². The third kappa shape index (κ3) is 2.28. The molecule has 0 aliphatic rings. The van der Waals surface area contributed by atoms with Gasteiger partial charge in [0.15, 0.2) is 5.52 Å². The molecule has 0 heterocycles. The fraction of sp³-hybridized carbons (Fsp3) is 0.125. The number of rotatable bonds is 2. The van der Waals surface area contributed by atoms with E-state index in [-0.39, 0.29) is 5.52 Å². The van der Waals surface area contributed by atoms with Crippen molar-refractivity contribution in [2.24, 2.45) is 0 Å². The summed E-state index contributed by atoms with van der Waals surface area (Å²) in [7, 11) is 0.322. The van der Waals surface area contributed by atoms with Gasteiger partial charge in [-0.3, -0.25) is 4.79 Å². The van der Waals surface area contributed by atoms with Crippen LogP contribution in [0.1, 0.15) is 6.92 Å². The summed E-state index contributed by atoms with van der Waals surface area (Å²) < 4.78 is 0. The topological polar surface area (TPSA) is 17.1 Å². The number of benzene rings is 1. The van der Waals surface area contributed by atoms with Crippen molar-refractivity contribution in [1.29, 1.82) is 0 Å². The number of carbonyl (C=O) groups is 1. The first-order chi connectivity index (χ1) is 4.79. The predicted octanol–water partition coefficient (Wildman–Crippen LogP) is 1.54. The molecule has 0 aromatic heterocycles. The summed E-state index contributed by atoms with van der Waals surface area (Å²) in [6.45, 7) is 1.62. The van der Waals surface area contributed by atoms with Gasteiger partial charge < -0.3 is 0 Å². The van der Waals surface area contributed by atoms with Crippen molar-refractivity contribution in [2.45, 2.75) is 6.92 Å². The second kappa shape index (κ2) is 3.48. The van der Waals surface area contributed by atoms with Crippen LogP contribution in [0.4, 0.5) is 0 Å². The van der Waals surface area contributed by atoms with E-state index in [9.17, 15) is 4.79 Å². The molecule has 0 amide bonds. The molecule has 0 fully saturated rings. The van der Waals surface area contributed by atoms with E-state index >= 15 is 0 Å². The molecule has 0 saturated carbocycles. The van der Waals surface area contributed by atoms with Crippen molar-refractivity contribution >= 4 is 19.4 Å². The molecule has 0 spiro atoms. The minimum atomic E-state index is 0.242. The highest BCUT2D eigenvalue weighted by Gasteiger charge is 1.93. The molecule has 10 heavy (non-hydrogen) atoms. The Hall–Kier alpha value is -0.680. The van der Waals surface area contributed by atoms with Gasteiger partial charge in [0.2, 0.25) is 0 Å². The maximum absolute atomic E-state index is 10.6. The van der Waals surface area contributed by atoms with Crippen molar-refractivity contribution < 1.29 is 4.79 Å². The highest BCUT2D eigenvalue weighted by Crippen LogP contribution is 2.09. The molecule has 1 aromatic carbocycles. The summed E-state index contributed by atoms with van der Waals surface area (Å²) in [6.07, 6.45) is 0. The lowest BCUT2D eigenvalue weighted by molar-refractivity contribution is -0.109. The van der Waals surface area contributed by atoms with E-state index < -0.39 is 0 Å². The first kappa shape index (κ1) is 7.43. The third-order valence-electron chi connectivity index (χ3n) is 1.09. The maximum Gasteiger partial charge on any atom is 0.152 e. The van der Waals surface area contributed by atoms with E-state index in [1.54, 1.807) is 6.92 Å². The maximum atomic E-state index is 10.6. The zero-order valence-corrected chi connectivity index (χ0v) is 6.79. The van der Waals surface area contributed by atoms with Crippen LogP contribution in [0.25, 0.3) is 0 Å². The predicted molar refractivity (Wildman–Crippen MR) is 45.1 cm³/mol. The minimum absolute atomic E-state index is 0.242. The lowest BCUT2D eigenvalue weighted by atomic mass is 10.4. The summed E-state index contributed by atoms with van der Waals surface area (Å²) in [6, 6.07) is 9.80. The summed E-state index contributed by atoms with van der Waals surface area (Å²) in [5.74, 6) is 0. The van der Waals surface area contributed by atoms with Crippen LogP contribution in [0.15, 0.2) is 30.3 Å². The summed E-state index contributed by atoms with van der Waals surface area (Å²) in [5.41, 5.74) is 0.242. The van der Waals surface area contributed by atoms with Crippen molar-refractivity contribution in [2.75, 3.05) is 0 Å². The van der Waals surface area contributed by atoms with E-state index in [1.807, 2.05) is 30.3 Å². The van der Waals surface area contributed by atoms with Crippen LogP contribution >= 0.6 is 8.58 Å². The zero-order chi connectivity index (χ0) is 7.40. The van der Waals surface area contributed by atoms with Gasteiger partial charge in [0.05, 0.1) is 0 Å². The second-order valence-corrected chi connectivity index (χ2v) is 3.58. The molecule has 0 aliphatic carbocycles. The van der Waals surface area contributed by atoms with Crippen LogP contribution in [0.2, 0.25) is 0 Å². The Labute approximate surface area is 62.2 Å². The van der Waals surface area contributed by atoms with Gasteiger partial charge in [0, 0.05) is 0 Å². The van der Waals surface area contributed by atoms with E-state index in [1.165, 1.54) is 0 Å². The van der Waals surface area contributed by atoms with Gasteiger partial charge in [-0.1, -0.05) is 30.3 Å². The van der Waals surface area contributed by atoms with Crippen LogP contribution in [0, 0.1) is 0 Å². The lowest BCUT2D eigenvalue weighted by Gasteiger charge is -1.93.